The van der Waals surface area contributed by atoms with Gasteiger partial charge in [-0.05, 0) is 42.1 Å². The molecule has 2 aromatic carbocycles. The van der Waals surface area contributed by atoms with Crippen LogP contribution in [-0.4, -0.2) is 43.4 Å². The van der Waals surface area contributed by atoms with E-state index in [0.717, 1.165) is 16.7 Å². The van der Waals surface area contributed by atoms with Gasteiger partial charge < -0.3 is 14.2 Å². The van der Waals surface area contributed by atoms with E-state index in [1.165, 1.54) is 7.11 Å². The Bertz CT molecular complexity index is 931. The first kappa shape index (κ1) is 20.1. The Labute approximate surface area is 172 Å². The molecule has 0 bridgehead atoms. The largest absolute Gasteiger partial charge is 0.497 e. The maximum Gasteiger partial charge on any atom is 0.293 e. The fourth-order valence-electron chi connectivity index (χ4n) is 2.58. The number of halogens is 1. The van der Waals surface area contributed by atoms with Crippen molar-refractivity contribution in [1.82, 2.24) is 4.90 Å². The molecule has 1 aliphatic rings. The van der Waals surface area contributed by atoms with E-state index in [1.54, 1.807) is 55.7 Å². The van der Waals surface area contributed by atoms with Crippen molar-refractivity contribution in [3.05, 3.63) is 58.0 Å². The van der Waals surface area contributed by atoms with Gasteiger partial charge in [0.15, 0.2) is 0 Å². The normalized spacial score (nSPS) is 15.2. The predicted molar refractivity (Wildman–Crippen MR) is 109 cm³/mol. The Kier molecular flexibility index (Phi) is 6.49. The Hall–Kier alpha value is -2.64. The van der Waals surface area contributed by atoms with Gasteiger partial charge in [0.1, 0.15) is 23.9 Å². The van der Waals surface area contributed by atoms with Crippen molar-refractivity contribution in [2.45, 2.75) is 0 Å². The summed E-state index contributed by atoms with van der Waals surface area (Å²) in [7, 11) is 3.09. The molecule has 1 aliphatic heterocycles. The van der Waals surface area contributed by atoms with Crippen LogP contribution in [0.4, 0.5) is 4.79 Å². The number of hydrogen-bond donors (Lipinski definition) is 0. The van der Waals surface area contributed by atoms with Crippen LogP contribution >= 0.6 is 23.4 Å². The van der Waals surface area contributed by atoms with Crippen LogP contribution in [0.3, 0.4) is 0 Å². The zero-order valence-electron chi connectivity index (χ0n) is 15.3. The Morgan fingerprint density at radius 3 is 2.57 bits per heavy atom. The van der Waals surface area contributed by atoms with Gasteiger partial charge in [0.05, 0.1) is 30.7 Å². The smallest absolute Gasteiger partial charge is 0.293 e. The standard InChI is InChI=1S/C20H18ClNO5S/c1-25-14-8-7-13(17(12-14)26-2)11-18-19(23)22(20(24)28-18)9-10-27-16-6-4-3-5-15(16)21/h3-8,11-12H,9-10H2,1-2H3/b18-11-. The van der Waals surface area contributed by atoms with Gasteiger partial charge in [-0.3, -0.25) is 14.5 Å². The maximum atomic E-state index is 12.6. The third-order valence-electron chi connectivity index (χ3n) is 4.01. The number of ether oxygens (including phenoxy) is 3. The first-order chi connectivity index (χ1) is 13.5. The van der Waals surface area contributed by atoms with E-state index in [-0.39, 0.29) is 24.3 Å². The molecule has 1 fully saturated rings. The molecule has 0 radical (unpaired) electrons. The molecule has 6 nitrogen and oxygen atoms in total. The number of amides is 2. The molecule has 0 atom stereocenters. The minimum atomic E-state index is -0.365. The lowest BCUT2D eigenvalue weighted by atomic mass is 10.1. The van der Waals surface area contributed by atoms with Gasteiger partial charge in [0.2, 0.25) is 0 Å². The molecule has 2 amide bonds. The first-order valence-electron chi connectivity index (χ1n) is 8.38. The van der Waals surface area contributed by atoms with Crippen molar-refractivity contribution in [2.24, 2.45) is 0 Å². The topological polar surface area (TPSA) is 65.1 Å². The molecule has 28 heavy (non-hydrogen) atoms. The van der Waals surface area contributed by atoms with Crippen molar-refractivity contribution in [3.63, 3.8) is 0 Å². The number of hydrogen-bond acceptors (Lipinski definition) is 6. The maximum absolute atomic E-state index is 12.6. The number of carbonyl (C=O) groups excluding carboxylic acids is 2. The monoisotopic (exact) mass is 419 g/mol. The molecule has 0 unspecified atom stereocenters. The number of imide groups is 1. The van der Waals surface area contributed by atoms with Gasteiger partial charge in [-0.15, -0.1) is 0 Å². The molecule has 1 saturated heterocycles. The van der Waals surface area contributed by atoms with Crippen molar-refractivity contribution in [2.75, 3.05) is 27.4 Å². The average Bonchev–Trinajstić information content (AvgIpc) is 2.97. The summed E-state index contributed by atoms with van der Waals surface area (Å²) < 4.78 is 16.1. The number of methoxy groups -OCH3 is 2. The van der Waals surface area contributed by atoms with E-state index in [1.807, 2.05) is 0 Å². The molecular formula is C20H18ClNO5S. The molecular weight excluding hydrogens is 402 g/mol. The number of benzene rings is 2. The van der Waals surface area contributed by atoms with Gasteiger partial charge in [-0.2, -0.15) is 0 Å². The van der Waals surface area contributed by atoms with Crippen molar-refractivity contribution >= 4 is 40.6 Å². The summed E-state index contributed by atoms with van der Waals surface area (Å²) in [6.45, 7) is 0.286. The molecule has 146 valence electrons. The zero-order chi connectivity index (χ0) is 20.1. The number of carbonyl (C=O) groups is 2. The lowest BCUT2D eigenvalue weighted by Crippen LogP contribution is -2.32. The SMILES string of the molecule is COc1ccc(/C=C2\SC(=O)N(CCOc3ccccc3Cl)C2=O)c(OC)c1. The lowest BCUT2D eigenvalue weighted by Gasteiger charge is -2.13. The molecule has 0 aromatic heterocycles. The molecule has 3 rings (SSSR count). The predicted octanol–water partition coefficient (Wildman–Crippen LogP) is 4.47. The molecule has 0 N–H and O–H groups in total. The van der Waals surface area contributed by atoms with E-state index < -0.39 is 0 Å². The third kappa shape index (κ3) is 4.43. The molecule has 0 aliphatic carbocycles. The highest BCUT2D eigenvalue weighted by Gasteiger charge is 2.35. The van der Waals surface area contributed by atoms with Crippen LogP contribution in [0.2, 0.25) is 5.02 Å². The number of thioether (sulfide) groups is 1. The van der Waals surface area contributed by atoms with E-state index in [2.05, 4.69) is 0 Å². The number of nitrogens with zero attached hydrogens (tertiary/aromatic N) is 1. The summed E-state index contributed by atoms with van der Waals surface area (Å²) in [4.78, 5) is 26.3. The van der Waals surface area contributed by atoms with Crippen LogP contribution in [0, 0.1) is 0 Å². The summed E-state index contributed by atoms with van der Waals surface area (Å²) in [6.07, 6.45) is 1.64. The Morgan fingerprint density at radius 2 is 1.86 bits per heavy atom. The highest BCUT2D eigenvalue weighted by molar-refractivity contribution is 8.18. The first-order valence-corrected chi connectivity index (χ1v) is 9.57. The summed E-state index contributed by atoms with van der Waals surface area (Å²) in [5.41, 5.74) is 0.682. The van der Waals surface area contributed by atoms with Gasteiger partial charge in [-0.25, -0.2) is 0 Å². The minimum Gasteiger partial charge on any atom is -0.497 e. The molecule has 1 heterocycles. The molecule has 0 spiro atoms. The minimum absolute atomic E-state index is 0.132. The van der Waals surface area contributed by atoms with Crippen molar-refractivity contribution in [1.29, 1.82) is 0 Å². The van der Waals surface area contributed by atoms with Crippen LogP contribution in [-0.2, 0) is 4.79 Å². The van der Waals surface area contributed by atoms with E-state index in [9.17, 15) is 9.59 Å². The van der Waals surface area contributed by atoms with Crippen LogP contribution < -0.4 is 14.2 Å². The van der Waals surface area contributed by atoms with Crippen molar-refractivity contribution in [3.8, 4) is 17.2 Å². The zero-order valence-corrected chi connectivity index (χ0v) is 16.9. The van der Waals surface area contributed by atoms with E-state index >= 15 is 0 Å². The number of rotatable bonds is 7. The highest BCUT2D eigenvalue weighted by Crippen LogP contribution is 2.35. The van der Waals surface area contributed by atoms with Gasteiger partial charge in [0, 0.05) is 11.6 Å². The summed E-state index contributed by atoms with van der Waals surface area (Å²) in [5.74, 6) is 1.33. The van der Waals surface area contributed by atoms with Crippen molar-refractivity contribution < 1.29 is 23.8 Å². The fraction of sp³-hybridized carbons (Fsp3) is 0.200. The lowest BCUT2D eigenvalue weighted by molar-refractivity contribution is -0.123. The second-order valence-electron chi connectivity index (χ2n) is 5.72. The number of para-hydroxylation sites is 1. The van der Waals surface area contributed by atoms with Crippen LogP contribution in [0.1, 0.15) is 5.56 Å². The molecule has 2 aromatic rings. The summed E-state index contributed by atoms with van der Waals surface area (Å²) in [6, 6.07) is 12.3. The molecule has 8 heteroatoms. The summed E-state index contributed by atoms with van der Waals surface area (Å²) in [5, 5.41) is 0.134. The van der Waals surface area contributed by atoms with Gasteiger partial charge in [0.25, 0.3) is 11.1 Å². The van der Waals surface area contributed by atoms with Crippen LogP contribution in [0.25, 0.3) is 6.08 Å². The van der Waals surface area contributed by atoms with Gasteiger partial charge >= 0.3 is 0 Å². The molecule has 0 saturated carbocycles. The van der Waals surface area contributed by atoms with Gasteiger partial charge in [-0.1, -0.05) is 23.7 Å². The fourth-order valence-corrected chi connectivity index (χ4v) is 3.63. The summed E-state index contributed by atoms with van der Waals surface area (Å²) >= 11 is 6.92. The quantitative estimate of drug-likeness (QED) is 0.617. The second-order valence-corrected chi connectivity index (χ2v) is 7.12. The third-order valence-corrected chi connectivity index (χ3v) is 5.23. The second kappa shape index (κ2) is 9.03. The van der Waals surface area contributed by atoms with E-state index in [4.69, 9.17) is 25.8 Å². The highest BCUT2D eigenvalue weighted by atomic mass is 35.5. The van der Waals surface area contributed by atoms with Crippen LogP contribution in [0.5, 0.6) is 17.2 Å². The Morgan fingerprint density at radius 1 is 1.07 bits per heavy atom. The van der Waals surface area contributed by atoms with E-state index in [0.29, 0.717) is 32.7 Å². The van der Waals surface area contributed by atoms with Crippen LogP contribution in [0.15, 0.2) is 47.4 Å². The Balaban J connectivity index is 1.69. The average molecular weight is 420 g/mol.